The maximum absolute atomic E-state index is 12.4. The molecule has 0 spiro atoms. The van der Waals surface area contributed by atoms with E-state index in [4.69, 9.17) is 19.3 Å². The van der Waals surface area contributed by atoms with E-state index in [0.29, 0.717) is 12.8 Å². The van der Waals surface area contributed by atoms with E-state index in [9.17, 15) is 14.2 Å². The summed E-state index contributed by atoms with van der Waals surface area (Å²) in [5, 5.41) is 0. The van der Waals surface area contributed by atoms with Crippen molar-refractivity contribution in [2.45, 2.75) is 264 Å². The van der Waals surface area contributed by atoms with E-state index in [0.717, 1.165) is 38.5 Å². The third-order valence-electron chi connectivity index (χ3n) is 10.8. The lowest BCUT2D eigenvalue weighted by atomic mass is 10.0. The summed E-state index contributed by atoms with van der Waals surface area (Å²) < 4.78 is 26.5. The van der Waals surface area contributed by atoms with Crippen LogP contribution in [-0.2, 0) is 28.2 Å². The topological polar surface area (TPSA) is 119 Å². The summed E-state index contributed by atoms with van der Waals surface area (Å²) >= 11 is 0. The SMILES string of the molecule is CCCCCCCCCCC/C=C/CCCCC(=O)OC[C@H](COP(=O)(O)O)OC(=O)CCCCCCCCCCCCCCCCCCCCCCCCC. The standard InChI is InChI=1S/C47H91O8P/c1-3-5-7-9-11-13-15-17-19-20-21-22-23-24-25-26-28-30-32-34-36-38-40-42-47(49)55-45(44-54-56(50,51)52)43-53-46(48)41-39-37-35-33-31-29-27-18-16-14-12-10-8-6-4-2/h31,33,45H,3-30,32,34-44H2,1-2H3,(H2,50,51,52)/b33-31+/t45-/m1/s1. The summed E-state index contributed by atoms with van der Waals surface area (Å²) in [5.74, 6) is -0.895. The van der Waals surface area contributed by atoms with Crippen LogP contribution in [0, 0.1) is 0 Å². The van der Waals surface area contributed by atoms with Gasteiger partial charge in [0.05, 0.1) is 6.61 Å². The molecule has 0 aliphatic heterocycles. The van der Waals surface area contributed by atoms with Gasteiger partial charge in [0.2, 0.25) is 0 Å². The van der Waals surface area contributed by atoms with E-state index in [-0.39, 0.29) is 19.4 Å². The van der Waals surface area contributed by atoms with Crippen molar-refractivity contribution in [3.63, 3.8) is 0 Å². The molecular formula is C47H91O8P. The molecule has 8 nitrogen and oxygen atoms in total. The molecule has 56 heavy (non-hydrogen) atoms. The Morgan fingerprint density at radius 2 is 0.750 bits per heavy atom. The van der Waals surface area contributed by atoms with Gasteiger partial charge in [0.25, 0.3) is 0 Å². The normalized spacial score (nSPS) is 12.4. The van der Waals surface area contributed by atoms with Crippen LogP contribution < -0.4 is 0 Å². The van der Waals surface area contributed by atoms with Crippen molar-refractivity contribution >= 4 is 19.8 Å². The van der Waals surface area contributed by atoms with E-state index in [1.807, 2.05) is 0 Å². The first-order valence-electron chi connectivity index (χ1n) is 24.0. The van der Waals surface area contributed by atoms with Gasteiger partial charge in [0.1, 0.15) is 6.61 Å². The van der Waals surface area contributed by atoms with E-state index in [2.05, 4.69) is 30.5 Å². The highest BCUT2D eigenvalue weighted by molar-refractivity contribution is 7.46. The number of ether oxygens (including phenoxy) is 2. The third-order valence-corrected chi connectivity index (χ3v) is 11.3. The third kappa shape index (κ3) is 45.5. The van der Waals surface area contributed by atoms with Gasteiger partial charge >= 0.3 is 19.8 Å². The molecule has 332 valence electrons. The molecule has 0 amide bonds. The summed E-state index contributed by atoms with van der Waals surface area (Å²) in [5.41, 5.74) is 0. The summed E-state index contributed by atoms with van der Waals surface area (Å²) in [6.45, 7) is 3.71. The molecule has 0 saturated heterocycles. The molecule has 2 N–H and O–H groups in total. The van der Waals surface area contributed by atoms with E-state index >= 15 is 0 Å². The van der Waals surface area contributed by atoms with Crippen LogP contribution in [0.2, 0.25) is 0 Å². The van der Waals surface area contributed by atoms with Crippen molar-refractivity contribution in [3.8, 4) is 0 Å². The minimum Gasteiger partial charge on any atom is -0.462 e. The zero-order chi connectivity index (χ0) is 41.1. The molecule has 0 unspecified atom stereocenters. The molecule has 0 aromatic rings. The minimum absolute atomic E-state index is 0.214. The number of unbranched alkanes of at least 4 members (excludes halogenated alkanes) is 33. The van der Waals surface area contributed by atoms with Gasteiger partial charge in [0.15, 0.2) is 6.10 Å². The van der Waals surface area contributed by atoms with Gasteiger partial charge in [-0.3, -0.25) is 14.1 Å². The molecule has 0 aromatic carbocycles. The summed E-state index contributed by atoms with van der Waals surface area (Å²) in [4.78, 5) is 43.0. The minimum atomic E-state index is -4.76. The van der Waals surface area contributed by atoms with Gasteiger partial charge in [-0.15, -0.1) is 0 Å². The van der Waals surface area contributed by atoms with Gasteiger partial charge in [-0.2, -0.15) is 0 Å². The number of phosphoric ester groups is 1. The van der Waals surface area contributed by atoms with Crippen molar-refractivity contribution < 1.29 is 37.9 Å². The van der Waals surface area contributed by atoms with Crippen LogP contribution in [0.15, 0.2) is 12.2 Å². The zero-order valence-electron chi connectivity index (χ0n) is 36.8. The van der Waals surface area contributed by atoms with Gasteiger partial charge in [0, 0.05) is 12.8 Å². The van der Waals surface area contributed by atoms with Crippen molar-refractivity contribution in [3.05, 3.63) is 12.2 Å². The summed E-state index contributed by atoms with van der Waals surface area (Å²) in [6.07, 6.45) is 49.5. The number of hydrogen-bond acceptors (Lipinski definition) is 6. The summed E-state index contributed by atoms with van der Waals surface area (Å²) in [7, 11) is -4.76. The molecule has 0 radical (unpaired) electrons. The van der Waals surface area contributed by atoms with Crippen molar-refractivity contribution in [2.75, 3.05) is 13.2 Å². The van der Waals surface area contributed by atoms with E-state index < -0.39 is 32.5 Å². The first kappa shape index (κ1) is 54.8. The average Bonchev–Trinajstić information content (AvgIpc) is 3.17. The molecule has 0 saturated carbocycles. The quantitative estimate of drug-likeness (QED) is 0.0270. The van der Waals surface area contributed by atoms with Crippen LogP contribution in [-0.4, -0.2) is 41.0 Å². The van der Waals surface area contributed by atoms with Crippen LogP contribution in [0.3, 0.4) is 0 Å². The lowest BCUT2D eigenvalue weighted by Gasteiger charge is -2.18. The highest BCUT2D eigenvalue weighted by Gasteiger charge is 2.23. The van der Waals surface area contributed by atoms with Gasteiger partial charge < -0.3 is 19.3 Å². The Balaban J connectivity index is 3.80. The molecule has 9 heteroatoms. The molecule has 0 aliphatic carbocycles. The highest BCUT2D eigenvalue weighted by Crippen LogP contribution is 2.36. The monoisotopic (exact) mass is 815 g/mol. The first-order valence-corrected chi connectivity index (χ1v) is 25.5. The number of allylic oxidation sites excluding steroid dienone is 2. The molecule has 0 bridgehead atoms. The molecule has 0 aliphatic rings. The predicted octanol–water partition coefficient (Wildman–Crippen LogP) is 15.0. The first-order chi connectivity index (χ1) is 27.3. The second-order valence-corrected chi connectivity index (χ2v) is 17.7. The lowest BCUT2D eigenvalue weighted by Crippen LogP contribution is -2.29. The van der Waals surface area contributed by atoms with Crippen molar-refractivity contribution in [1.82, 2.24) is 0 Å². The molecule has 1 atom stereocenters. The van der Waals surface area contributed by atoms with Gasteiger partial charge in [-0.1, -0.05) is 219 Å². The molecular weight excluding hydrogens is 723 g/mol. The van der Waals surface area contributed by atoms with E-state index in [1.165, 1.54) is 180 Å². The van der Waals surface area contributed by atoms with Gasteiger partial charge in [-0.25, -0.2) is 4.57 Å². The maximum atomic E-state index is 12.4. The van der Waals surface area contributed by atoms with Crippen LogP contribution in [0.5, 0.6) is 0 Å². The zero-order valence-corrected chi connectivity index (χ0v) is 37.7. The number of esters is 2. The Labute approximate surface area is 346 Å². The van der Waals surface area contributed by atoms with Crippen molar-refractivity contribution in [1.29, 1.82) is 0 Å². The van der Waals surface area contributed by atoms with Crippen LogP contribution in [0.1, 0.15) is 258 Å². The van der Waals surface area contributed by atoms with Crippen LogP contribution in [0.4, 0.5) is 0 Å². The van der Waals surface area contributed by atoms with Crippen LogP contribution >= 0.6 is 7.82 Å². The second-order valence-electron chi connectivity index (χ2n) is 16.4. The average molecular weight is 815 g/mol. The molecule has 0 fully saturated rings. The maximum Gasteiger partial charge on any atom is 0.469 e. The van der Waals surface area contributed by atoms with Gasteiger partial charge in [-0.05, 0) is 38.5 Å². The van der Waals surface area contributed by atoms with Crippen LogP contribution in [0.25, 0.3) is 0 Å². The Hall–Kier alpha value is -1.21. The Kier molecular flexibility index (Phi) is 42.4. The van der Waals surface area contributed by atoms with Crippen molar-refractivity contribution in [2.24, 2.45) is 0 Å². The Bertz CT molecular complexity index is 920. The summed E-state index contributed by atoms with van der Waals surface area (Å²) in [6, 6.07) is 0. The Morgan fingerprint density at radius 1 is 0.446 bits per heavy atom. The number of carbonyl (C=O) groups excluding carboxylic acids is 2. The smallest absolute Gasteiger partial charge is 0.462 e. The fourth-order valence-electron chi connectivity index (χ4n) is 7.19. The van der Waals surface area contributed by atoms with E-state index in [1.54, 1.807) is 0 Å². The lowest BCUT2D eigenvalue weighted by molar-refractivity contribution is -0.161. The molecule has 0 heterocycles. The second kappa shape index (κ2) is 43.4. The number of phosphoric acid groups is 1. The predicted molar refractivity (Wildman–Crippen MR) is 235 cm³/mol. The molecule has 0 aromatic heterocycles. The number of hydrogen-bond donors (Lipinski definition) is 2. The number of rotatable bonds is 45. The largest absolute Gasteiger partial charge is 0.469 e. The fourth-order valence-corrected chi connectivity index (χ4v) is 7.55. The number of carbonyl (C=O) groups is 2. The highest BCUT2D eigenvalue weighted by atomic mass is 31.2. The Morgan fingerprint density at radius 3 is 1.12 bits per heavy atom. The fraction of sp³-hybridized carbons (Fsp3) is 0.915. The molecule has 0 rings (SSSR count).